The number of fused-ring (bicyclic) bond motifs is 1. The van der Waals surface area contributed by atoms with Crippen molar-refractivity contribution in [2.75, 3.05) is 0 Å². The van der Waals surface area contributed by atoms with Crippen LogP contribution >= 0.6 is 11.6 Å². The van der Waals surface area contributed by atoms with Crippen LogP contribution in [0, 0.1) is 6.92 Å². The van der Waals surface area contributed by atoms with E-state index in [-0.39, 0.29) is 0 Å². The van der Waals surface area contributed by atoms with E-state index in [4.69, 9.17) is 11.6 Å². The molecule has 2 aromatic heterocycles. The van der Waals surface area contributed by atoms with Crippen molar-refractivity contribution < 1.29 is 0 Å². The Labute approximate surface area is 93.1 Å². The molecule has 1 aliphatic rings. The Balaban J connectivity index is 2.27. The van der Waals surface area contributed by atoms with Crippen LogP contribution in [0.1, 0.15) is 30.9 Å². The number of aryl methyl sites for hydroxylation is 1. The van der Waals surface area contributed by atoms with Gasteiger partial charge in [-0.05, 0) is 31.7 Å². The molecule has 0 spiro atoms. The molecule has 0 atom stereocenters. The van der Waals surface area contributed by atoms with E-state index in [1.807, 2.05) is 0 Å². The fourth-order valence-corrected chi connectivity index (χ4v) is 2.45. The lowest BCUT2D eigenvalue weighted by Crippen LogP contribution is -2.16. The number of rotatable bonds is 1. The molecule has 0 N–H and O–H groups in total. The van der Waals surface area contributed by atoms with E-state index in [2.05, 4.69) is 27.7 Å². The van der Waals surface area contributed by atoms with Crippen molar-refractivity contribution in [2.24, 2.45) is 0 Å². The average Bonchev–Trinajstić information content (AvgIpc) is 2.43. The predicted octanol–water partition coefficient (Wildman–Crippen LogP) is 3.12. The summed E-state index contributed by atoms with van der Waals surface area (Å²) in [6, 6.07) is 0.618. The molecule has 1 fully saturated rings. The van der Waals surface area contributed by atoms with Crippen LogP contribution in [0.15, 0.2) is 12.5 Å². The quantitative estimate of drug-likeness (QED) is 0.693. The Morgan fingerprint density at radius 3 is 2.87 bits per heavy atom. The molecule has 78 valence electrons. The summed E-state index contributed by atoms with van der Waals surface area (Å²) in [5.74, 6) is 0. The lowest BCUT2D eigenvalue weighted by atomic mass is 9.93. The van der Waals surface area contributed by atoms with Crippen LogP contribution < -0.4 is 0 Å². The summed E-state index contributed by atoms with van der Waals surface area (Å²) in [5.41, 5.74) is 2.15. The van der Waals surface area contributed by atoms with Gasteiger partial charge in [0.15, 0.2) is 0 Å². The van der Waals surface area contributed by atoms with Crippen molar-refractivity contribution in [3.8, 4) is 0 Å². The molecule has 3 nitrogen and oxygen atoms in total. The van der Waals surface area contributed by atoms with Crippen LogP contribution in [0.2, 0.25) is 5.15 Å². The Morgan fingerprint density at radius 2 is 2.20 bits per heavy atom. The minimum atomic E-state index is 0.565. The summed E-state index contributed by atoms with van der Waals surface area (Å²) in [6.07, 6.45) is 7.52. The molecule has 2 heterocycles. The van der Waals surface area contributed by atoms with Gasteiger partial charge in [-0.15, -0.1) is 0 Å². The summed E-state index contributed by atoms with van der Waals surface area (Å²) in [4.78, 5) is 8.36. The molecule has 0 saturated heterocycles. The number of hydrogen-bond donors (Lipinski definition) is 0. The van der Waals surface area contributed by atoms with Crippen molar-refractivity contribution in [1.29, 1.82) is 0 Å². The van der Waals surface area contributed by atoms with Crippen molar-refractivity contribution in [3.05, 3.63) is 23.2 Å². The molecule has 3 rings (SSSR count). The van der Waals surface area contributed by atoms with Gasteiger partial charge in [0.2, 0.25) is 0 Å². The fraction of sp³-hybridized carbons (Fsp3) is 0.455. The molecule has 0 unspecified atom stereocenters. The maximum Gasteiger partial charge on any atom is 0.145 e. The monoisotopic (exact) mass is 221 g/mol. The van der Waals surface area contributed by atoms with Crippen LogP contribution in [0.3, 0.4) is 0 Å². The number of halogens is 1. The molecular formula is C11H12ClN3. The highest BCUT2D eigenvalue weighted by atomic mass is 35.5. The maximum absolute atomic E-state index is 6.08. The highest BCUT2D eigenvalue weighted by Crippen LogP contribution is 2.36. The minimum absolute atomic E-state index is 0.565. The standard InChI is InChI=1S/C11H12ClN3/c1-7-5-15(8-3-2-4-8)11-9(7)10(12)13-6-14-11/h5-6,8H,2-4H2,1H3. The molecular weight excluding hydrogens is 210 g/mol. The summed E-state index contributed by atoms with van der Waals surface area (Å²) < 4.78 is 2.25. The SMILES string of the molecule is Cc1cn(C2CCC2)c2ncnc(Cl)c12. The zero-order chi connectivity index (χ0) is 10.4. The average molecular weight is 222 g/mol. The Morgan fingerprint density at radius 1 is 1.40 bits per heavy atom. The van der Waals surface area contributed by atoms with Crippen LogP contribution in [0.4, 0.5) is 0 Å². The van der Waals surface area contributed by atoms with Gasteiger partial charge >= 0.3 is 0 Å². The van der Waals surface area contributed by atoms with E-state index in [0.717, 1.165) is 11.0 Å². The molecule has 1 aliphatic carbocycles. The second-order valence-electron chi connectivity index (χ2n) is 4.17. The molecule has 0 bridgehead atoms. The topological polar surface area (TPSA) is 30.7 Å². The summed E-state index contributed by atoms with van der Waals surface area (Å²) in [5, 5.41) is 1.57. The van der Waals surface area contributed by atoms with Gasteiger partial charge in [0.05, 0.1) is 5.39 Å². The zero-order valence-electron chi connectivity index (χ0n) is 8.57. The van der Waals surface area contributed by atoms with E-state index in [9.17, 15) is 0 Å². The van der Waals surface area contributed by atoms with Crippen molar-refractivity contribution in [3.63, 3.8) is 0 Å². The maximum atomic E-state index is 6.08. The molecule has 0 radical (unpaired) electrons. The smallest absolute Gasteiger partial charge is 0.145 e. The predicted molar refractivity (Wildman–Crippen MR) is 60.2 cm³/mol. The molecule has 0 aliphatic heterocycles. The Kier molecular flexibility index (Phi) is 1.96. The summed E-state index contributed by atoms with van der Waals surface area (Å²) in [6.45, 7) is 2.06. The third-order valence-electron chi connectivity index (χ3n) is 3.22. The van der Waals surface area contributed by atoms with E-state index in [1.54, 1.807) is 6.33 Å². The van der Waals surface area contributed by atoms with Crippen molar-refractivity contribution in [2.45, 2.75) is 32.2 Å². The second kappa shape index (κ2) is 3.20. The molecule has 0 aromatic carbocycles. The number of nitrogens with zero attached hydrogens (tertiary/aromatic N) is 3. The molecule has 0 amide bonds. The van der Waals surface area contributed by atoms with Crippen LogP contribution in [0.25, 0.3) is 11.0 Å². The zero-order valence-corrected chi connectivity index (χ0v) is 9.33. The first kappa shape index (κ1) is 9.16. The lowest BCUT2D eigenvalue weighted by Gasteiger charge is -2.27. The minimum Gasteiger partial charge on any atom is -0.329 e. The molecule has 4 heteroatoms. The first-order valence-electron chi connectivity index (χ1n) is 5.25. The van der Waals surface area contributed by atoms with Gasteiger partial charge in [0.1, 0.15) is 17.1 Å². The molecule has 2 aromatic rings. The van der Waals surface area contributed by atoms with Crippen LogP contribution in [-0.2, 0) is 0 Å². The third-order valence-corrected chi connectivity index (χ3v) is 3.51. The largest absolute Gasteiger partial charge is 0.329 e. The normalized spacial score (nSPS) is 16.9. The van der Waals surface area contributed by atoms with Gasteiger partial charge in [-0.1, -0.05) is 11.6 Å². The third kappa shape index (κ3) is 1.26. The van der Waals surface area contributed by atoms with E-state index in [0.29, 0.717) is 11.2 Å². The first-order chi connectivity index (χ1) is 7.27. The van der Waals surface area contributed by atoms with Crippen molar-refractivity contribution >= 4 is 22.6 Å². The van der Waals surface area contributed by atoms with Gasteiger partial charge in [-0.2, -0.15) is 0 Å². The van der Waals surface area contributed by atoms with Gasteiger partial charge in [-0.25, -0.2) is 9.97 Å². The first-order valence-corrected chi connectivity index (χ1v) is 5.63. The summed E-state index contributed by atoms with van der Waals surface area (Å²) >= 11 is 6.08. The van der Waals surface area contributed by atoms with Crippen LogP contribution in [0.5, 0.6) is 0 Å². The Hall–Kier alpha value is -1.09. The van der Waals surface area contributed by atoms with Gasteiger partial charge in [-0.3, -0.25) is 0 Å². The summed E-state index contributed by atoms with van der Waals surface area (Å²) in [7, 11) is 0. The lowest BCUT2D eigenvalue weighted by molar-refractivity contribution is 0.320. The van der Waals surface area contributed by atoms with E-state index in [1.165, 1.54) is 24.8 Å². The fourth-order valence-electron chi connectivity index (χ4n) is 2.17. The number of hydrogen-bond acceptors (Lipinski definition) is 2. The van der Waals surface area contributed by atoms with Gasteiger partial charge in [0.25, 0.3) is 0 Å². The van der Waals surface area contributed by atoms with Gasteiger partial charge < -0.3 is 4.57 Å². The molecule has 1 saturated carbocycles. The van der Waals surface area contributed by atoms with E-state index < -0.39 is 0 Å². The highest BCUT2D eigenvalue weighted by molar-refractivity contribution is 6.34. The van der Waals surface area contributed by atoms with Gasteiger partial charge in [0, 0.05) is 12.2 Å². The van der Waals surface area contributed by atoms with Crippen LogP contribution in [-0.4, -0.2) is 14.5 Å². The van der Waals surface area contributed by atoms with E-state index >= 15 is 0 Å². The number of aromatic nitrogens is 3. The molecule has 15 heavy (non-hydrogen) atoms. The van der Waals surface area contributed by atoms with Crippen molar-refractivity contribution in [1.82, 2.24) is 14.5 Å². The highest BCUT2D eigenvalue weighted by Gasteiger charge is 2.22. The second-order valence-corrected chi connectivity index (χ2v) is 4.53. The Bertz CT molecular complexity index is 514.